The second kappa shape index (κ2) is 5.67. The number of oxazole rings is 1. The van der Waals surface area contributed by atoms with Crippen LogP contribution in [0.1, 0.15) is 44.6 Å². The van der Waals surface area contributed by atoms with Gasteiger partial charge in [-0.1, -0.05) is 51.0 Å². The van der Waals surface area contributed by atoms with E-state index in [1.54, 1.807) is 0 Å². The van der Waals surface area contributed by atoms with Gasteiger partial charge in [0.25, 0.3) is 0 Å². The second-order valence-electron chi connectivity index (χ2n) is 4.41. The van der Waals surface area contributed by atoms with Gasteiger partial charge < -0.3 is 4.42 Å². The predicted octanol–water partition coefficient (Wildman–Crippen LogP) is 4.68. The van der Waals surface area contributed by atoms with Crippen molar-refractivity contribution in [2.45, 2.75) is 39.0 Å². The van der Waals surface area contributed by atoms with Crippen LogP contribution in [0.25, 0.3) is 11.1 Å². The lowest BCUT2D eigenvalue weighted by Gasteiger charge is -2.06. The topological polar surface area (TPSA) is 26.0 Å². The maximum atomic E-state index is 5.45. The molecule has 1 atom stereocenters. The van der Waals surface area contributed by atoms with E-state index in [1.165, 1.54) is 24.8 Å². The minimum atomic E-state index is 0.378. The zero-order valence-electron chi connectivity index (χ0n) is 10.5. The lowest BCUT2D eigenvalue weighted by atomic mass is 9.99. The number of hydrogen-bond acceptors (Lipinski definition) is 2. The van der Waals surface area contributed by atoms with Crippen molar-refractivity contribution in [1.82, 2.24) is 4.98 Å². The second-order valence-corrected chi connectivity index (χ2v) is 4.41. The summed E-state index contributed by atoms with van der Waals surface area (Å²) in [5, 5.41) is 0. The van der Waals surface area contributed by atoms with Crippen LogP contribution in [0, 0.1) is 0 Å². The summed E-state index contributed by atoms with van der Waals surface area (Å²) in [5.74, 6) is 0.378. The molecule has 1 aromatic carbocycles. The average molecular weight is 229 g/mol. The molecular formula is C15H19NO. The summed E-state index contributed by atoms with van der Waals surface area (Å²) in [6, 6.07) is 6.13. The van der Waals surface area contributed by atoms with Gasteiger partial charge in [0, 0.05) is 11.5 Å². The fourth-order valence-electron chi connectivity index (χ4n) is 1.99. The van der Waals surface area contributed by atoms with E-state index in [9.17, 15) is 0 Å². The zero-order chi connectivity index (χ0) is 12.1. The number of allylic oxidation sites excluding steroid dienone is 2. The molecule has 0 spiro atoms. The molecular weight excluding hydrogens is 210 g/mol. The Morgan fingerprint density at radius 2 is 2.29 bits per heavy atom. The SMILES string of the molecule is CCCCC=CC(C)c1cccc2ncoc12. The van der Waals surface area contributed by atoms with Crippen molar-refractivity contribution >= 4 is 11.1 Å². The van der Waals surface area contributed by atoms with Crippen LogP contribution in [0.2, 0.25) is 0 Å². The number of hydrogen-bond donors (Lipinski definition) is 0. The molecule has 0 aliphatic heterocycles. The van der Waals surface area contributed by atoms with Crippen LogP contribution in [-0.2, 0) is 0 Å². The third-order valence-corrected chi connectivity index (χ3v) is 3.03. The number of rotatable bonds is 5. The van der Waals surface area contributed by atoms with Gasteiger partial charge >= 0.3 is 0 Å². The van der Waals surface area contributed by atoms with Crippen LogP contribution in [-0.4, -0.2) is 4.98 Å². The maximum Gasteiger partial charge on any atom is 0.181 e. The number of aromatic nitrogens is 1. The molecule has 2 nitrogen and oxygen atoms in total. The van der Waals surface area contributed by atoms with Gasteiger partial charge in [0.2, 0.25) is 0 Å². The summed E-state index contributed by atoms with van der Waals surface area (Å²) >= 11 is 0. The van der Waals surface area contributed by atoms with Gasteiger partial charge in [-0.3, -0.25) is 0 Å². The molecule has 0 aliphatic carbocycles. The molecule has 2 heteroatoms. The van der Waals surface area contributed by atoms with E-state index in [0.29, 0.717) is 5.92 Å². The first-order valence-corrected chi connectivity index (χ1v) is 6.31. The van der Waals surface area contributed by atoms with Crippen molar-refractivity contribution in [3.05, 3.63) is 42.3 Å². The molecule has 2 rings (SSSR count). The van der Waals surface area contributed by atoms with Crippen LogP contribution >= 0.6 is 0 Å². The third kappa shape index (κ3) is 2.76. The molecule has 0 saturated carbocycles. The highest BCUT2D eigenvalue weighted by atomic mass is 16.3. The molecule has 0 N–H and O–H groups in total. The minimum Gasteiger partial charge on any atom is -0.443 e. The molecule has 90 valence electrons. The number of nitrogens with zero attached hydrogens (tertiary/aromatic N) is 1. The van der Waals surface area contributed by atoms with E-state index >= 15 is 0 Å². The Morgan fingerprint density at radius 1 is 1.41 bits per heavy atom. The van der Waals surface area contributed by atoms with Gasteiger partial charge in [-0.05, 0) is 12.5 Å². The first-order valence-electron chi connectivity index (χ1n) is 6.31. The van der Waals surface area contributed by atoms with Gasteiger partial charge in [-0.2, -0.15) is 0 Å². The zero-order valence-corrected chi connectivity index (χ0v) is 10.5. The van der Waals surface area contributed by atoms with Gasteiger partial charge in [0.15, 0.2) is 12.0 Å². The van der Waals surface area contributed by atoms with Crippen LogP contribution in [0.3, 0.4) is 0 Å². The van der Waals surface area contributed by atoms with Gasteiger partial charge in [-0.25, -0.2) is 4.98 Å². The van der Waals surface area contributed by atoms with Crippen molar-refractivity contribution in [3.8, 4) is 0 Å². The molecule has 0 radical (unpaired) electrons. The van der Waals surface area contributed by atoms with E-state index in [1.807, 2.05) is 12.1 Å². The summed E-state index contributed by atoms with van der Waals surface area (Å²) in [6.45, 7) is 4.41. The average Bonchev–Trinajstić information content (AvgIpc) is 2.82. The number of fused-ring (bicyclic) bond motifs is 1. The van der Waals surface area contributed by atoms with Gasteiger partial charge in [-0.15, -0.1) is 0 Å². The Kier molecular flexibility index (Phi) is 3.97. The molecule has 17 heavy (non-hydrogen) atoms. The maximum absolute atomic E-state index is 5.45. The van der Waals surface area contributed by atoms with Crippen molar-refractivity contribution in [2.75, 3.05) is 0 Å². The first-order chi connectivity index (χ1) is 8.33. The quantitative estimate of drug-likeness (QED) is 0.549. The van der Waals surface area contributed by atoms with E-state index in [2.05, 4.69) is 37.0 Å². The molecule has 1 unspecified atom stereocenters. The normalized spacial score (nSPS) is 13.5. The largest absolute Gasteiger partial charge is 0.443 e. The highest BCUT2D eigenvalue weighted by Crippen LogP contribution is 2.25. The van der Waals surface area contributed by atoms with Crippen LogP contribution in [0.5, 0.6) is 0 Å². The van der Waals surface area contributed by atoms with Crippen molar-refractivity contribution in [2.24, 2.45) is 0 Å². The van der Waals surface area contributed by atoms with E-state index < -0.39 is 0 Å². The molecule has 1 heterocycles. The lowest BCUT2D eigenvalue weighted by molar-refractivity contribution is 0.596. The number of para-hydroxylation sites is 1. The van der Waals surface area contributed by atoms with Gasteiger partial charge in [0.1, 0.15) is 5.52 Å². The Hall–Kier alpha value is -1.57. The fraction of sp³-hybridized carbons (Fsp3) is 0.400. The Morgan fingerprint density at radius 3 is 3.12 bits per heavy atom. The third-order valence-electron chi connectivity index (χ3n) is 3.03. The monoisotopic (exact) mass is 229 g/mol. The number of unbranched alkanes of at least 4 members (excludes halogenated alkanes) is 2. The minimum absolute atomic E-state index is 0.378. The van der Waals surface area contributed by atoms with Crippen molar-refractivity contribution < 1.29 is 4.42 Å². The molecule has 0 saturated heterocycles. The summed E-state index contributed by atoms with van der Waals surface area (Å²) in [4.78, 5) is 4.18. The summed E-state index contributed by atoms with van der Waals surface area (Å²) in [5.41, 5.74) is 3.07. The molecule has 1 aromatic heterocycles. The molecule has 0 bridgehead atoms. The highest BCUT2D eigenvalue weighted by Gasteiger charge is 2.09. The Bertz CT molecular complexity index is 498. The first kappa shape index (κ1) is 11.9. The number of benzene rings is 1. The Labute approximate surface area is 102 Å². The predicted molar refractivity (Wildman–Crippen MR) is 71.1 cm³/mol. The summed E-state index contributed by atoms with van der Waals surface area (Å²) < 4.78 is 5.45. The summed E-state index contributed by atoms with van der Waals surface area (Å²) in [7, 11) is 0. The fourth-order valence-corrected chi connectivity index (χ4v) is 1.99. The van der Waals surface area contributed by atoms with E-state index in [4.69, 9.17) is 4.42 Å². The van der Waals surface area contributed by atoms with E-state index in [-0.39, 0.29) is 0 Å². The van der Waals surface area contributed by atoms with Crippen LogP contribution in [0.4, 0.5) is 0 Å². The molecule has 2 aromatic rings. The van der Waals surface area contributed by atoms with E-state index in [0.717, 1.165) is 17.5 Å². The molecule has 0 amide bonds. The molecule has 0 aliphatic rings. The van der Waals surface area contributed by atoms with Crippen LogP contribution in [0.15, 0.2) is 41.2 Å². The Balaban J connectivity index is 2.15. The molecule has 0 fully saturated rings. The van der Waals surface area contributed by atoms with Crippen LogP contribution < -0.4 is 0 Å². The lowest BCUT2D eigenvalue weighted by Crippen LogP contribution is -1.89. The van der Waals surface area contributed by atoms with Crippen molar-refractivity contribution in [1.29, 1.82) is 0 Å². The van der Waals surface area contributed by atoms with Crippen molar-refractivity contribution in [3.63, 3.8) is 0 Å². The smallest absolute Gasteiger partial charge is 0.181 e. The van der Waals surface area contributed by atoms with Gasteiger partial charge in [0.05, 0.1) is 0 Å². The summed E-state index contributed by atoms with van der Waals surface area (Å²) in [6.07, 6.45) is 9.71. The standard InChI is InChI=1S/C15H19NO/c1-3-4-5-6-8-12(2)13-9-7-10-14-15(13)17-11-16-14/h6-12H,3-5H2,1-2H3. The highest BCUT2D eigenvalue weighted by molar-refractivity contribution is 5.76.